The first-order chi connectivity index (χ1) is 29.4. The first kappa shape index (κ1) is 48.1. The first-order valence-electron chi connectivity index (χ1n) is 23.6. The highest BCUT2D eigenvalue weighted by Crippen LogP contribution is 2.76. The van der Waals surface area contributed by atoms with Crippen LogP contribution in [0.2, 0.25) is 0 Å². The molecule has 7 fully saturated rings. The van der Waals surface area contributed by atoms with Crippen molar-refractivity contribution in [3.8, 4) is 0 Å². The molecule has 5 aliphatic carbocycles. The van der Waals surface area contributed by atoms with Gasteiger partial charge in [-0.3, -0.25) is 4.79 Å². The summed E-state index contributed by atoms with van der Waals surface area (Å²) < 4.78 is 30.1. The molecule has 0 aromatic carbocycles. The lowest BCUT2D eigenvalue weighted by atomic mass is 9.33. The summed E-state index contributed by atoms with van der Waals surface area (Å²) in [6.45, 7) is 14.3. The molecule has 8 aliphatic rings. The molecule has 0 radical (unpaired) electrons. The van der Waals surface area contributed by atoms with Crippen molar-refractivity contribution in [3.63, 3.8) is 0 Å². The predicted octanol–water partition coefficient (Wildman–Crippen LogP) is 1.62. The highest BCUT2D eigenvalue weighted by molar-refractivity contribution is 5.76. The molecule has 16 nitrogen and oxygen atoms in total. The Morgan fingerprint density at radius 3 is 2.08 bits per heavy atom. The maximum atomic E-state index is 13.2. The van der Waals surface area contributed by atoms with E-state index in [1.54, 1.807) is 0 Å². The van der Waals surface area contributed by atoms with Gasteiger partial charge < -0.3 is 74.7 Å². The molecule has 10 N–H and O–H groups in total. The van der Waals surface area contributed by atoms with Crippen LogP contribution in [-0.2, 0) is 28.5 Å². The van der Waals surface area contributed by atoms with Crippen molar-refractivity contribution in [1.29, 1.82) is 0 Å². The van der Waals surface area contributed by atoms with E-state index >= 15 is 0 Å². The quantitative estimate of drug-likeness (QED) is 0.155. The fourth-order valence-electron chi connectivity index (χ4n) is 15.3. The Kier molecular flexibility index (Phi) is 12.8. The van der Waals surface area contributed by atoms with Crippen molar-refractivity contribution in [1.82, 2.24) is 0 Å². The summed E-state index contributed by atoms with van der Waals surface area (Å²) in [5.74, 6) is -0.758. The monoisotopic (exact) mass is 897 g/mol. The maximum Gasteiger partial charge on any atom is 0.310 e. The van der Waals surface area contributed by atoms with Crippen molar-refractivity contribution in [3.05, 3.63) is 11.6 Å². The molecule has 0 amide bonds. The third kappa shape index (κ3) is 7.25. The van der Waals surface area contributed by atoms with Gasteiger partial charge in [0.25, 0.3) is 0 Å². The number of aliphatic hydroxyl groups is 9. The van der Waals surface area contributed by atoms with Crippen molar-refractivity contribution < 1.29 is 79.5 Å². The highest BCUT2D eigenvalue weighted by atomic mass is 16.7. The molecule has 23 atom stereocenters. The number of carboxylic acid groups (broad SMARTS) is 1. The van der Waals surface area contributed by atoms with E-state index in [0.29, 0.717) is 19.3 Å². The molecule has 63 heavy (non-hydrogen) atoms. The molecule has 0 aromatic heterocycles. The zero-order chi connectivity index (χ0) is 46.0. The second kappa shape index (κ2) is 16.7. The van der Waals surface area contributed by atoms with Gasteiger partial charge in [0.2, 0.25) is 0 Å². The first-order valence-corrected chi connectivity index (χ1v) is 23.6. The Bertz CT molecular complexity index is 1730. The minimum atomic E-state index is -1.81. The lowest BCUT2D eigenvalue weighted by molar-refractivity contribution is -0.371. The van der Waals surface area contributed by atoms with Crippen LogP contribution in [0.5, 0.6) is 0 Å². The fraction of sp³-hybridized carbons (Fsp3) is 0.936. The van der Waals surface area contributed by atoms with E-state index in [4.69, 9.17) is 23.7 Å². The maximum absolute atomic E-state index is 13.2. The van der Waals surface area contributed by atoms with Crippen LogP contribution in [-0.4, -0.2) is 163 Å². The number of ether oxygens (including phenoxy) is 5. The van der Waals surface area contributed by atoms with Crippen LogP contribution < -0.4 is 0 Å². The Morgan fingerprint density at radius 1 is 0.746 bits per heavy atom. The lowest BCUT2D eigenvalue weighted by Gasteiger charge is -2.72. The van der Waals surface area contributed by atoms with Crippen molar-refractivity contribution in [2.75, 3.05) is 19.8 Å². The van der Waals surface area contributed by atoms with Crippen LogP contribution in [0.4, 0.5) is 0 Å². The summed E-state index contributed by atoms with van der Waals surface area (Å²) >= 11 is 0. The van der Waals surface area contributed by atoms with Crippen LogP contribution in [0.25, 0.3) is 0 Å². The van der Waals surface area contributed by atoms with Gasteiger partial charge >= 0.3 is 5.97 Å². The number of rotatable bonds is 8. The second-order valence-corrected chi connectivity index (χ2v) is 22.9. The van der Waals surface area contributed by atoms with E-state index in [1.807, 2.05) is 0 Å². The van der Waals surface area contributed by atoms with Crippen LogP contribution in [0.15, 0.2) is 11.6 Å². The summed E-state index contributed by atoms with van der Waals surface area (Å²) in [5, 5.41) is 109. The van der Waals surface area contributed by atoms with E-state index in [1.165, 1.54) is 12.5 Å². The average Bonchev–Trinajstić information content (AvgIpc) is 3.23. The molecule has 3 saturated heterocycles. The summed E-state index contributed by atoms with van der Waals surface area (Å²) in [6.07, 6.45) is -10.3. The Balaban J connectivity index is 1.05. The molecule has 0 bridgehead atoms. The van der Waals surface area contributed by atoms with Gasteiger partial charge in [-0.15, -0.1) is 0 Å². The molecule has 16 heteroatoms. The standard InChI is InChI=1S/C47H76O16/c1-22-30(51)37(62-39-34(55)33(54)32(53)27(19-48)61-39)35(56)40(60-22)63-38-31(52)26(50)20-59-36(38)24-10-12-43(4)28(44(24,5)21-49)11-13-46(7)29(43)9-8-23-25-18-42(2,3)14-16-47(25,41(57)58)17-15-45(23,46)6/h8,22,24-40,48-56H,9-21H2,1-7H3,(H,57,58)/t22-,24+,25-,26-,27+,28+,29+,30-,31-,32+,33-,34+,35+,36-,37+,38+,39-,40-,43-,44+,45+,46+,47-/m0/s1. The van der Waals surface area contributed by atoms with Crippen LogP contribution in [0.3, 0.4) is 0 Å². The largest absolute Gasteiger partial charge is 0.481 e. The molecule has 360 valence electrons. The number of aliphatic hydroxyl groups excluding tert-OH is 9. The van der Waals surface area contributed by atoms with E-state index < -0.39 is 109 Å². The van der Waals surface area contributed by atoms with E-state index in [2.05, 4.69) is 47.6 Å². The van der Waals surface area contributed by atoms with E-state index in [0.717, 1.165) is 44.9 Å². The molecule has 0 aromatic rings. The van der Waals surface area contributed by atoms with Gasteiger partial charge in [-0.2, -0.15) is 0 Å². The molecule has 4 saturated carbocycles. The van der Waals surface area contributed by atoms with Crippen LogP contribution in [0, 0.1) is 56.2 Å². The van der Waals surface area contributed by atoms with Crippen molar-refractivity contribution in [2.45, 2.75) is 199 Å². The fourth-order valence-corrected chi connectivity index (χ4v) is 15.3. The molecular formula is C47H76O16. The van der Waals surface area contributed by atoms with Crippen LogP contribution in [0.1, 0.15) is 113 Å². The Morgan fingerprint density at radius 2 is 1.41 bits per heavy atom. The minimum Gasteiger partial charge on any atom is -0.481 e. The van der Waals surface area contributed by atoms with Gasteiger partial charge in [0, 0.05) is 6.61 Å². The van der Waals surface area contributed by atoms with Gasteiger partial charge in [-0.05, 0) is 122 Å². The third-order valence-electron chi connectivity index (χ3n) is 19.4. The van der Waals surface area contributed by atoms with Gasteiger partial charge in [0.15, 0.2) is 12.6 Å². The number of hydrogen-bond acceptors (Lipinski definition) is 15. The summed E-state index contributed by atoms with van der Waals surface area (Å²) in [7, 11) is 0. The number of fused-ring (bicyclic) bond motifs is 7. The number of aliphatic carboxylic acids is 1. The van der Waals surface area contributed by atoms with Gasteiger partial charge in [-0.25, -0.2) is 0 Å². The molecular weight excluding hydrogens is 821 g/mol. The number of hydrogen-bond donors (Lipinski definition) is 10. The zero-order valence-corrected chi connectivity index (χ0v) is 38.1. The third-order valence-corrected chi connectivity index (χ3v) is 19.4. The average molecular weight is 897 g/mol. The second-order valence-electron chi connectivity index (χ2n) is 22.9. The molecule has 0 spiro atoms. The van der Waals surface area contributed by atoms with Crippen LogP contribution >= 0.6 is 0 Å². The van der Waals surface area contributed by atoms with E-state index in [9.17, 15) is 55.9 Å². The zero-order valence-electron chi connectivity index (χ0n) is 38.1. The Hall–Kier alpha value is -1.35. The Labute approximate surface area is 370 Å². The normalized spacial score (nSPS) is 55.7. The molecule has 3 aliphatic heterocycles. The molecule has 8 rings (SSSR count). The smallest absolute Gasteiger partial charge is 0.310 e. The molecule has 0 unspecified atom stereocenters. The number of carboxylic acids is 1. The minimum absolute atomic E-state index is 0.00565. The molecule has 3 heterocycles. The van der Waals surface area contributed by atoms with E-state index in [-0.39, 0.29) is 58.5 Å². The SMILES string of the molecule is C[C@@H]1O[C@@H](O[C@@H]2[C@@H](O)[C@@H](O)CO[C@H]2[C@H]2CC[C@@]3(C)[C@@H](CC[C@]4(C)[C@@H]3CC=C3[C@@H]5CC(C)(C)CC[C@]5(C(=O)O)CC[C@]34C)[C@]2(C)CO)[C@H](O)[C@H](O[C@@H]2O[C@H](CO)[C@@H](O)[C@H](O)[C@H]2O)[C@H]1O. The lowest BCUT2D eigenvalue weighted by Crippen LogP contribution is -2.68. The van der Waals surface area contributed by atoms with Gasteiger partial charge in [-0.1, -0.05) is 53.2 Å². The number of carbonyl (C=O) groups is 1. The highest BCUT2D eigenvalue weighted by Gasteiger charge is 2.71. The summed E-state index contributed by atoms with van der Waals surface area (Å²) in [4.78, 5) is 13.2. The topological polar surface area (TPSA) is 266 Å². The summed E-state index contributed by atoms with van der Waals surface area (Å²) in [6, 6.07) is 0. The summed E-state index contributed by atoms with van der Waals surface area (Å²) in [5.41, 5.74) is -0.584. The van der Waals surface area contributed by atoms with Crippen molar-refractivity contribution in [2.24, 2.45) is 56.2 Å². The van der Waals surface area contributed by atoms with Gasteiger partial charge in [0.05, 0.1) is 30.8 Å². The van der Waals surface area contributed by atoms with Crippen molar-refractivity contribution >= 4 is 5.97 Å². The van der Waals surface area contributed by atoms with Gasteiger partial charge in [0.1, 0.15) is 61.0 Å². The predicted molar refractivity (Wildman–Crippen MR) is 223 cm³/mol. The number of allylic oxidation sites excluding steroid dienone is 2.